The quantitative estimate of drug-likeness (QED) is 0.494. The summed E-state index contributed by atoms with van der Waals surface area (Å²) < 4.78 is 0. The number of allylic oxidation sites excluding steroid dienone is 1. The van der Waals surface area contributed by atoms with Crippen molar-refractivity contribution in [2.24, 2.45) is 40.2 Å². The second-order valence-corrected chi connectivity index (χ2v) is 10.6. The molecule has 0 aromatic heterocycles. The number of carbonyl (C=O) groups excluding carboxylic acids is 1. The fourth-order valence-electron chi connectivity index (χ4n) is 7.66. The van der Waals surface area contributed by atoms with Crippen LogP contribution >= 0.6 is 0 Å². The van der Waals surface area contributed by atoms with Crippen LogP contribution < -0.4 is 11.6 Å². The SMILES string of the molecule is CCCN(N)/C=C(\N)[C@]1(O)CCC2C3CCC4=CC(=O)CCC4(C)C3CCC21C. The van der Waals surface area contributed by atoms with E-state index in [2.05, 4.69) is 20.8 Å². The maximum atomic E-state index is 12.0. The summed E-state index contributed by atoms with van der Waals surface area (Å²) in [6.45, 7) is 7.48. The van der Waals surface area contributed by atoms with Crippen LogP contribution in [0.2, 0.25) is 0 Å². The molecule has 4 aliphatic rings. The molecular weight excluding hydrogens is 362 g/mol. The molecule has 0 bridgehead atoms. The van der Waals surface area contributed by atoms with Crippen molar-refractivity contribution in [3.8, 4) is 0 Å². The van der Waals surface area contributed by atoms with E-state index in [1.54, 1.807) is 11.2 Å². The van der Waals surface area contributed by atoms with E-state index in [-0.39, 0.29) is 10.8 Å². The van der Waals surface area contributed by atoms with Crippen LogP contribution in [0.3, 0.4) is 0 Å². The monoisotopic (exact) mass is 401 g/mol. The molecule has 29 heavy (non-hydrogen) atoms. The van der Waals surface area contributed by atoms with Gasteiger partial charge in [0.25, 0.3) is 0 Å². The van der Waals surface area contributed by atoms with Crippen LogP contribution in [-0.2, 0) is 4.79 Å². The van der Waals surface area contributed by atoms with Gasteiger partial charge in [-0.1, -0.05) is 26.3 Å². The normalized spacial score (nSPS) is 44.6. The third kappa shape index (κ3) is 2.99. The van der Waals surface area contributed by atoms with Gasteiger partial charge in [-0.15, -0.1) is 0 Å². The Morgan fingerprint density at radius 3 is 2.66 bits per heavy atom. The maximum absolute atomic E-state index is 12.0. The lowest BCUT2D eigenvalue weighted by molar-refractivity contribution is -0.121. The topological polar surface area (TPSA) is 92.6 Å². The van der Waals surface area contributed by atoms with Gasteiger partial charge in [-0.05, 0) is 80.6 Å². The first kappa shape index (κ1) is 20.9. The lowest BCUT2D eigenvalue weighted by atomic mass is 9.46. The number of carbonyl (C=O) groups is 1. The van der Waals surface area contributed by atoms with E-state index in [0.29, 0.717) is 35.7 Å². The molecule has 0 aromatic carbocycles. The minimum absolute atomic E-state index is 0.162. The lowest BCUT2D eigenvalue weighted by Gasteiger charge is -2.59. The van der Waals surface area contributed by atoms with Crippen molar-refractivity contribution in [1.29, 1.82) is 0 Å². The van der Waals surface area contributed by atoms with Crippen LogP contribution in [0, 0.1) is 28.6 Å². The Hall–Kier alpha value is -1.33. The van der Waals surface area contributed by atoms with Crippen LogP contribution in [-0.4, -0.2) is 28.0 Å². The highest BCUT2D eigenvalue weighted by molar-refractivity contribution is 5.91. The van der Waals surface area contributed by atoms with E-state index >= 15 is 0 Å². The fraction of sp³-hybridized carbons (Fsp3) is 0.792. The van der Waals surface area contributed by atoms with E-state index in [4.69, 9.17) is 11.6 Å². The summed E-state index contributed by atoms with van der Waals surface area (Å²) in [5, 5.41) is 13.4. The summed E-state index contributed by atoms with van der Waals surface area (Å²) in [5.74, 6) is 8.07. The van der Waals surface area contributed by atoms with Crippen molar-refractivity contribution in [3.05, 3.63) is 23.5 Å². The summed E-state index contributed by atoms with van der Waals surface area (Å²) in [6.07, 6.45) is 12.4. The Morgan fingerprint density at radius 2 is 1.93 bits per heavy atom. The van der Waals surface area contributed by atoms with Gasteiger partial charge in [0.05, 0.1) is 5.70 Å². The third-order valence-corrected chi connectivity index (χ3v) is 9.38. The smallest absolute Gasteiger partial charge is 0.155 e. The Labute approximate surface area is 175 Å². The number of fused-ring (bicyclic) bond motifs is 5. The minimum Gasteiger partial charge on any atom is -0.398 e. The van der Waals surface area contributed by atoms with Gasteiger partial charge in [0, 0.05) is 24.6 Å². The molecule has 0 aromatic rings. The van der Waals surface area contributed by atoms with Gasteiger partial charge in [0.15, 0.2) is 5.78 Å². The minimum atomic E-state index is -0.979. The molecule has 0 radical (unpaired) electrons. The Balaban J connectivity index is 1.62. The van der Waals surface area contributed by atoms with Crippen LogP contribution in [0.5, 0.6) is 0 Å². The molecule has 3 fully saturated rings. The number of hydrogen-bond donors (Lipinski definition) is 3. The predicted molar refractivity (Wildman–Crippen MR) is 115 cm³/mol. The van der Waals surface area contributed by atoms with E-state index in [1.807, 2.05) is 6.08 Å². The van der Waals surface area contributed by atoms with Gasteiger partial charge in [-0.2, -0.15) is 0 Å². The maximum Gasteiger partial charge on any atom is 0.155 e. The summed E-state index contributed by atoms with van der Waals surface area (Å²) in [7, 11) is 0. The van der Waals surface area contributed by atoms with Crippen LogP contribution in [0.4, 0.5) is 0 Å². The molecule has 5 heteroatoms. The highest BCUT2D eigenvalue weighted by atomic mass is 16.3. The lowest BCUT2D eigenvalue weighted by Crippen LogP contribution is -2.56. The number of ketones is 1. The molecule has 5 N–H and O–H groups in total. The highest BCUT2D eigenvalue weighted by Gasteiger charge is 2.64. The number of hydrazine groups is 1. The predicted octanol–water partition coefficient (Wildman–Crippen LogP) is 3.64. The van der Waals surface area contributed by atoms with Gasteiger partial charge in [-0.25, -0.2) is 5.84 Å². The summed E-state index contributed by atoms with van der Waals surface area (Å²) in [6, 6.07) is 0. The summed E-state index contributed by atoms with van der Waals surface area (Å²) in [5.41, 5.74) is 7.40. The Bertz CT molecular complexity index is 746. The van der Waals surface area contributed by atoms with Crippen molar-refractivity contribution in [1.82, 2.24) is 5.01 Å². The van der Waals surface area contributed by atoms with Gasteiger partial charge in [0.1, 0.15) is 5.60 Å². The molecule has 3 saturated carbocycles. The molecule has 162 valence electrons. The van der Waals surface area contributed by atoms with Gasteiger partial charge in [0.2, 0.25) is 0 Å². The molecule has 0 aliphatic heterocycles. The summed E-state index contributed by atoms with van der Waals surface area (Å²) in [4.78, 5) is 12.0. The Kier molecular flexibility index (Phi) is 5.14. The van der Waals surface area contributed by atoms with Crippen LogP contribution in [0.15, 0.2) is 23.5 Å². The highest BCUT2D eigenvalue weighted by Crippen LogP contribution is 2.68. The first-order chi connectivity index (χ1) is 13.7. The molecule has 0 heterocycles. The number of rotatable bonds is 4. The average Bonchev–Trinajstić information content (AvgIpc) is 2.95. The number of hydrogen-bond acceptors (Lipinski definition) is 5. The Morgan fingerprint density at radius 1 is 1.21 bits per heavy atom. The van der Waals surface area contributed by atoms with E-state index in [0.717, 1.165) is 57.9 Å². The van der Waals surface area contributed by atoms with Crippen molar-refractivity contribution in [3.63, 3.8) is 0 Å². The van der Waals surface area contributed by atoms with Crippen LogP contribution in [0.1, 0.15) is 78.6 Å². The standard InChI is InChI=1S/C24H39N3O2/c1-4-13-27(26)15-21(25)24(29)12-9-20-18-6-5-16-14-17(28)7-10-22(16,2)19(18)8-11-23(20,24)3/h14-15,18-20,29H,4-13,25-26H2,1-3H3/b21-15-/t18?,19?,20?,22?,23?,24-/m1/s1. The number of nitrogens with zero attached hydrogens (tertiary/aromatic N) is 1. The van der Waals surface area contributed by atoms with Gasteiger partial charge < -0.3 is 15.8 Å². The molecule has 5 unspecified atom stereocenters. The molecule has 4 rings (SSSR count). The van der Waals surface area contributed by atoms with Gasteiger partial charge in [-0.3, -0.25) is 4.79 Å². The number of aliphatic hydroxyl groups is 1. The molecule has 5 nitrogen and oxygen atoms in total. The van der Waals surface area contributed by atoms with Crippen molar-refractivity contribution >= 4 is 5.78 Å². The zero-order valence-corrected chi connectivity index (χ0v) is 18.4. The zero-order valence-electron chi connectivity index (χ0n) is 18.4. The van der Waals surface area contributed by atoms with Crippen molar-refractivity contribution < 1.29 is 9.90 Å². The average molecular weight is 402 g/mol. The first-order valence-electron chi connectivity index (χ1n) is 11.6. The second kappa shape index (κ2) is 7.12. The third-order valence-electron chi connectivity index (χ3n) is 9.38. The van der Waals surface area contributed by atoms with Gasteiger partial charge >= 0.3 is 0 Å². The first-order valence-corrected chi connectivity index (χ1v) is 11.6. The van der Waals surface area contributed by atoms with Crippen molar-refractivity contribution in [2.45, 2.75) is 84.2 Å². The van der Waals surface area contributed by atoms with E-state index in [9.17, 15) is 9.90 Å². The van der Waals surface area contributed by atoms with Crippen LogP contribution in [0.25, 0.3) is 0 Å². The van der Waals surface area contributed by atoms with Crippen molar-refractivity contribution in [2.75, 3.05) is 6.54 Å². The molecule has 0 saturated heterocycles. The van der Waals surface area contributed by atoms with E-state index in [1.165, 1.54) is 5.57 Å². The fourth-order valence-corrected chi connectivity index (χ4v) is 7.66. The zero-order chi connectivity index (χ0) is 21.0. The largest absolute Gasteiger partial charge is 0.398 e. The number of nitrogens with two attached hydrogens (primary N) is 2. The molecule has 6 atom stereocenters. The second-order valence-electron chi connectivity index (χ2n) is 10.6. The molecule has 0 amide bonds. The molecular formula is C24H39N3O2. The molecule has 4 aliphatic carbocycles. The summed E-state index contributed by atoms with van der Waals surface area (Å²) >= 11 is 0. The van der Waals surface area contributed by atoms with E-state index < -0.39 is 5.60 Å². The molecule has 0 spiro atoms.